The second kappa shape index (κ2) is 9.52. The van der Waals surface area contributed by atoms with Crippen molar-refractivity contribution in [1.29, 1.82) is 5.26 Å². The van der Waals surface area contributed by atoms with Gasteiger partial charge in [0.15, 0.2) is 0 Å². The van der Waals surface area contributed by atoms with Gasteiger partial charge in [-0.25, -0.2) is 0 Å². The van der Waals surface area contributed by atoms with Crippen molar-refractivity contribution in [3.05, 3.63) is 101 Å². The summed E-state index contributed by atoms with van der Waals surface area (Å²) in [6.07, 6.45) is 1.20. The van der Waals surface area contributed by atoms with Gasteiger partial charge >= 0.3 is 0 Å². The minimum Gasteiger partial charge on any atom is -0.457 e. The molecule has 1 amide bonds. The number of nitro benzene ring substituents is 1. The molecule has 0 aliphatic carbocycles. The van der Waals surface area contributed by atoms with E-state index >= 15 is 0 Å². The second-order valence-electron chi connectivity index (χ2n) is 6.02. The van der Waals surface area contributed by atoms with Gasteiger partial charge in [0, 0.05) is 29.7 Å². The fraction of sp³-hybridized carbons (Fsp3) is 0. The molecule has 0 heterocycles. The van der Waals surface area contributed by atoms with Crippen LogP contribution in [0.2, 0.25) is 0 Å². The van der Waals surface area contributed by atoms with Crippen LogP contribution in [0.25, 0.3) is 0 Å². The van der Waals surface area contributed by atoms with Crippen LogP contribution >= 0.6 is 0 Å². The number of nitrogens with one attached hydrogen (secondary N) is 2. The van der Waals surface area contributed by atoms with Crippen LogP contribution < -0.4 is 15.4 Å². The van der Waals surface area contributed by atoms with E-state index in [0.717, 1.165) is 0 Å². The Bertz CT molecular complexity index is 1120. The minimum absolute atomic E-state index is 0.103. The number of rotatable bonds is 7. The number of carbonyl (C=O) groups excluding carboxylic acids is 1. The Labute approximate surface area is 172 Å². The standard InChI is InChI=1S/C22H16N4O4/c23-14-16(15-24-18-5-4-6-19(13-18)26(28)29)22(27)25-17-9-11-21(12-10-17)30-20-7-2-1-3-8-20/h1-13,15,24H,(H,25,27)/b16-15-. The average molecular weight is 400 g/mol. The van der Waals surface area contributed by atoms with Crippen molar-refractivity contribution in [3.8, 4) is 17.6 Å². The molecule has 0 saturated carbocycles. The van der Waals surface area contributed by atoms with Crippen molar-refractivity contribution in [2.45, 2.75) is 0 Å². The molecule has 30 heavy (non-hydrogen) atoms. The fourth-order valence-corrected chi connectivity index (χ4v) is 2.44. The van der Waals surface area contributed by atoms with Gasteiger partial charge < -0.3 is 15.4 Å². The molecule has 0 aromatic heterocycles. The number of benzene rings is 3. The number of nitro groups is 1. The Morgan fingerprint density at radius 2 is 1.67 bits per heavy atom. The summed E-state index contributed by atoms with van der Waals surface area (Å²) in [5.41, 5.74) is 0.573. The molecule has 0 spiro atoms. The van der Waals surface area contributed by atoms with Crippen molar-refractivity contribution in [2.75, 3.05) is 10.6 Å². The Hall–Kier alpha value is -4.64. The first-order valence-electron chi connectivity index (χ1n) is 8.81. The molecule has 8 heteroatoms. The molecule has 0 aliphatic rings. The van der Waals surface area contributed by atoms with Crippen molar-refractivity contribution in [1.82, 2.24) is 0 Å². The SMILES string of the molecule is N#C/C(=C/Nc1cccc([N+](=O)[O-])c1)C(=O)Nc1ccc(Oc2ccccc2)cc1. The van der Waals surface area contributed by atoms with Crippen molar-refractivity contribution in [3.63, 3.8) is 0 Å². The van der Waals surface area contributed by atoms with Gasteiger partial charge in [-0.2, -0.15) is 5.26 Å². The summed E-state index contributed by atoms with van der Waals surface area (Å²) < 4.78 is 5.69. The largest absolute Gasteiger partial charge is 0.457 e. The first-order chi connectivity index (χ1) is 14.5. The van der Waals surface area contributed by atoms with Crippen LogP contribution in [0.3, 0.4) is 0 Å². The third-order valence-corrected chi connectivity index (χ3v) is 3.90. The Morgan fingerprint density at radius 1 is 0.967 bits per heavy atom. The summed E-state index contributed by atoms with van der Waals surface area (Å²) in [5.74, 6) is 0.672. The maximum absolute atomic E-state index is 12.3. The molecular formula is C22H16N4O4. The van der Waals surface area contributed by atoms with Crippen LogP contribution in [0.1, 0.15) is 0 Å². The van der Waals surface area contributed by atoms with Gasteiger partial charge in [-0.05, 0) is 42.5 Å². The van der Waals surface area contributed by atoms with Crippen LogP contribution in [-0.2, 0) is 4.79 Å². The second-order valence-corrected chi connectivity index (χ2v) is 6.02. The van der Waals surface area contributed by atoms with Gasteiger partial charge in [0.25, 0.3) is 11.6 Å². The van der Waals surface area contributed by atoms with Crippen LogP contribution in [0.5, 0.6) is 11.5 Å². The predicted molar refractivity (Wildman–Crippen MR) is 112 cm³/mol. The van der Waals surface area contributed by atoms with E-state index in [1.165, 1.54) is 24.4 Å². The number of carbonyl (C=O) groups is 1. The quantitative estimate of drug-likeness (QED) is 0.253. The predicted octanol–water partition coefficient (Wildman–Crippen LogP) is 4.85. The molecule has 0 saturated heterocycles. The summed E-state index contributed by atoms with van der Waals surface area (Å²) in [6.45, 7) is 0. The zero-order valence-corrected chi connectivity index (χ0v) is 15.6. The summed E-state index contributed by atoms with van der Waals surface area (Å²) in [6, 6.07) is 23.5. The Kier molecular flexibility index (Phi) is 6.38. The lowest BCUT2D eigenvalue weighted by Gasteiger charge is -2.08. The van der Waals surface area contributed by atoms with Gasteiger partial charge in [0.1, 0.15) is 23.1 Å². The number of hydrogen-bond acceptors (Lipinski definition) is 6. The van der Waals surface area contributed by atoms with Crippen LogP contribution in [0.4, 0.5) is 17.1 Å². The Balaban J connectivity index is 1.63. The molecule has 0 aliphatic heterocycles. The molecule has 3 aromatic carbocycles. The van der Waals surface area contributed by atoms with E-state index in [0.29, 0.717) is 22.9 Å². The maximum Gasteiger partial charge on any atom is 0.271 e. The van der Waals surface area contributed by atoms with Gasteiger partial charge in [-0.15, -0.1) is 0 Å². The molecule has 8 nitrogen and oxygen atoms in total. The van der Waals surface area contributed by atoms with E-state index in [9.17, 15) is 20.2 Å². The number of nitrogens with zero attached hydrogens (tertiary/aromatic N) is 2. The van der Waals surface area contributed by atoms with Gasteiger partial charge in [-0.1, -0.05) is 24.3 Å². The minimum atomic E-state index is -0.618. The number of non-ortho nitro benzene ring substituents is 1. The average Bonchev–Trinajstić information content (AvgIpc) is 2.76. The molecule has 0 bridgehead atoms. The van der Waals surface area contributed by atoms with E-state index in [4.69, 9.17) is 4.74 Å². The zero-order chi connectivity index (χ0) is 21.3. The van der Waals surface area contributed by atoms with Crippen LogP contribution in [0, 0.1) is 21.4 Å². The fourth-order valence-electron chi connectivity index (χ4n) is 2.44. The number of para-hydroxylation sites is 1. The molecule has 2 N–H and O–H groups in total. The number of anilines is 2. The van der Waals surface area contributed by atoms with Gasteiger partial charge in [0.05, 0.1) is 4.92 Å². The lowest BCUT2D eigenvalue weighted by atomic mass is 10.2. The smallest absolute Gasteiger partial charge is 0.271 e. The van der Waals surface area contributed by atoms with E-state index in [2.05, 4.69) is 10.6 Å². The third-order valence-electron chi connectivity index (χ3n) is 3.90. The molecule has 148 valence electrons. The summed E-state index contributed by atoms with van der Waals surface area (Å²) in [4.78, 5) is 22.6. The maximum atomic E-state index is 12.3. The molecule has 3 aromatic rings. The molecule has 0 unspecified atom stereocenters. The topological polar surface area (TPSA) is 117 Å². The van der Waals surface area contributed by atoms with Gasteiger partial charge in [-0.3, -0.25) is 14.9 Å². The normalized spacial score (nSPS) is 10.6. The first kappa shape index (κ1) is 20.1. The summed E-state index contributed by atoms with van der Waals surface area (Å²) in [7, 11) is 0. The van der Waals surface area contributed by atoms with Gasteiger partial charge in [0.2, 0.25) is 0 Å². The van der Waals surface area contributed by atoms with E-state index < -0.39 is 10.8 Å². The summed E-state index contributed by atoms with van der Waals surface area (Å²) in [5, 5.41) is 25.4. The van der Waals surface area contributed by atoms with Crippen molar-refractivity contribution < 1.29 is 14.5 Å². The zero-order valence-electron chi connectivity index (χ0n) is 15.6. The highest BCUT2D eigenvalue weighted by Crippen LogP contribution is 2.23. The summed E-state index contributed by atoms with van der Waals surface area (Å²) >= 11 is 0. The number of ether oxygens (including phenoxy) is 1. The first-order valence-corrected chi connectivity index (χ1v) is 8.81. The van der Waals surface area contributed by atoms with Crippen LogP contribution in [-0.4, -0.2) is 10.8 Å². The Morgan fingerprint density at radius 3 is 2.33 bits per heavy atom. The van der Waals surface area contributed by atoms with Crippen molar-refractivity contribution in [2.24, 2.45) is 0 Å². The van der Waals surface area contributed by atoms with E-state index in [1.807, 2.05) is 30.3 Å². The monoisotopic (exact) mass is 400 g/mol. The lowest BCUT2D eigenvalue weighted by Crippen LogP contribution is -2.14. The third kappa shape index (κ3) is 5.43. The molecular weight excluding hydrogens is 384 g/mol. The molecule has 0 radical (unpaired) electrons. The molecule has 3 rings (SSSR count). The van der Waals surface area contributed by atoms with Crippen molar-refractivity contribution >= 4 is 23.0 Å². The van der Waals surface area contributed by atoms with E-state index in [-0.39, 0.29) is 11.3 Å². The number of nitriles is 1. The molecule has 0 atom stereocenters. The lowest BCUT2D eigenvalue weighted by molar-refractivity contribution is -0.384. The highest BCUT2D eigenvalue weighted by atomic mass is 16.6. The molecule has 0 fully saturated rings. The number of amides is 1. The van der Waals surface area contributed by atoms with Crippen LogP contribution in [0.15, 0.2) is 90.6 Å². The highest BCUT2D eigenvalue weighted by Gasteiger charge is 2.10. The highest BCUT2D eigenvalue weighted by molar-refractivity contribution is 6.06. The van der Waals surface area contributed by atoms with E-state index in [1.54, 1.807) is 36.4 Å². The number of hydrogen-bond donors (Lipinski definition) is 2.